The van der Waals surface area contributed by atoms with Crippen LogP contribution in [-0.4, -0.2) is 64.9 Å². The van der Waals surface area contributed by atoms with Gasteiger partial charge < -0.3 is 25.7 Å². The monoisotopic (exact) mass is 285 g/mol. The Kier molecular flexibility index (Phi) is 5.19. The zero-order valence-electron chi connectivity index (χ0n) is 11.5. The summed E-state index contributed by atoms with van der Waals surface area (Å²) in [5.41, 5.74) is 0. The van der Waals surface area contributed by atoms with E-state index in [1.165, 1.54) is 12.8 Å². The Morgan fingerprint density at radius 1 is 1.30 bits per heavy atom. The zero-order chi connectivity index (χ0) is 14.5. The van der Waals surface area contributed by atoms with Gasteiger partial charge in [-0.25, -0.2) is 9.59 Å². The van der Waals surface area contributed by atoms with Crippen LogP contribution in [0.2, 0.25) is 0 Å². The number of carbonyl (C=O) groups is 2. The third kappa shape index (κ3) is 3.83. The van der Waals surface area contributed by atoms with Crippen molar-refractivity contribution < 1.29 is 19.8 Å². The molecule has 114 valence electrons. The minimum absolute atomic E-state index is 0.0177. The van der Waals surface area contributed by atoms with Crippen molar-refractivity contribution in [3.8, 4) is 0 Å². The molecule has 4 N–H and O–H groups in total. The number of carboxylic acid groups (broad SMARTS) is 1. The minimum Gasteiger partial charge on any atom is -0.480 e. The second kappa shape index (κ2) is 6.90. The number of carboxylic acids is 1. The quantitative estimate of drug-likeness (QED) is 0.558. The number of fused-ring (bicyclic) bond motifs is 1. The standard InChI is InChI=1S/C13H23N3O4/c17-7-4-11(12(18)19)15-13(20)14-9-3-6-16-5-1-2-10(16)8-9/h9-11,17H,1-8H2,(H,18,19)(H2,14,15,20)/t9?,10?,11-/m1/s1. The van der Waals surface area contributed by atoms with Gasteiger partial charge in [0.05, 0.1) is 0 Å². The molecule has 0 aromatic heterocycles. The molecule has 2 saturated heterocycles. The predicted octanol–water partition coefficient (Wildman–Crippen LogP) is -0.252. The maximum atomic E-state index is 11.8. The Labute approximate surface area is 118 Å². The Morgan fingerprint density at radius 2 is 2.10 bits per heavy atom. The summed E-state index contributed by atoms with van der Waals surface area (Å²) >= 11 is 0. The number of nitrogens with zero attached hydrogens (tertiary/aromatic N) is 1. The number of aliphatic carboxylic acids is 1. The number of amides is 2. The summed E-state index contributed by atoms with van der Waals surface area (Å²) in [5, 5.41) is 23.0. The van der Waals surface area contributed by atoms with Crippen LogP contribution in [-0.2, 0) is 4.79 Å². The van der Waals surface area contributed by atoms with Gasteiger partial charge in [0.15, 0.2) is 0 Å². The summed E-state index contributed by atoms with van der Waals surface area (Å²) < 4.78 is 0. The molecule has 2 amide bonds. The first kappa shape index (κ1) is 15.1. The molecule has 2 unspecified atom stereocenters. The first-order chi connectivity index (χ1) is 9.60. The fraction of sp³-hybridized carbons (Fsp3) is 0.846. The molecule has 0 aliphatic carbocycles. The van der Waals surface area contributed by atoms with Gasteiger partial charge in [-0.15, -0.1) is 0 Å². The number of urea groups is 1. The van der Waals surface area contributed by atoms with Gasteiger partial charge in [0.1, 0.15) is 6.04 Å². The Hall–Kier alpha value is -1.34. The number of aliphatic hydroxyl groups is 1. The fourth-order valence-corrected chi connectivity index (χ4v) is 3.13. The summed E-state index contributed by atoms with van der Waals surface area (Å²) in [6.45, 7) is 1.88. The number of piperidine rings is 1. The summed E-state index contributed by atoms with van der Waals surface area (Å²) in [6, 6.07) is -0.825. The average Bonchev–Trinajstić information content (AvgIpc) is 2.85. The second-order valence-electron chi connectivity index (χ2n) is 5.57. The number of nitrogens with one attached hydrogen (secondary N) is 2. The highest BCUT2D eigenvalue weighted by atomic mass is 16.4. The number of aliphatic hydroxyl groups excluding tert-OH is 1. The Bertz CT molecular complexity index is 364. The highest BCUT2D eigenvalue weighted by Crippen LogP contribution is 2.26. The molecule has 3 atom stereocenters. The van der Waals surface area contributed by atoms with Crippen LogP contribution in [0.15, 0.2) is 0 Å². The average molecular weight is 285 g/mol. The van der Waals surface area contributed by atoms with Crippen LogP contribution in [0.4, 0.5) is 4.79 Å². The lowest BCUT2D eigenvalue weighted by atomic mass is 9.98. The van der Waals surface area contributed by atoms with E-state index < -0.39 is 18.0 Å². The van der Waals surface area contributed by atoms with Crippen molar-refractivity contribution in [3.63, 3.8) is 0 Å². The van der Waals surface area contributed by atoms with Gasteiger partial charge in [0.25, 0.3) is 0 Å². The van der Waals surface area contributed by atoms with Crippen molar-refractivity contribution in [2.75, 3.05) is 19.7 Å². The van der Waals surface area contributed by atoms with Gasteiger partial charge in [0, 0.05) is 31.7 Å². The third-order valence-electron chi connectivity index (χ3n) is 4.18. The van der Waals surface area contributed by atoms with Crippen LogP contribution in [0.1, 0.15) is 32.1 Å². The van der Waals surface area contributed by atoms with Gasteiger partial charge >= 0.3 is 12.0 Å². The number of hydrogen-bond donors (Lipinski definition) is 4. The van der Waals surface area contributed by atoms with E-state index >= 15 is 0 Å². The van der Waals surface area contributed by atoms with E-state index in [4.69, 9.17) is 10.2 Å². The van der Waals surface area contributed by atoms with E-state index in [1.54, 1.807) is 0 Å². The molecule has 0 aromatic carbocycles. The van der Waals surface area contributed by atoms with Crippen LogP contribution in [0, 0.1) is 0 Å². The van der Waals surface area contributed by atoms with E-state index in [9.17, 15) is 9.59 Å². The highest BCUT2D eigenvalue weighted by molar-refractivity contribution is 5.82. The van der Waals surface area contributed by atoms with Crippen LogP contribution in [0.3, 0.4) is 0 Å². The van der Waals surface area contributed by atoms with Gasteiger partial charge in [-0.1, -0.05) is 0 Å². The van der Waals surface area contributed by atoms with Crippen LogP contribution in [0.25, 0.3) is 0 Å². The molecule has 2 aliphatic heterocycles. The molecule has 0 saturated carbocycles. The lowest BCUT2D eigenvalue weighted by Gasteiger charge is -2.35. The molecule has 7 nitrogen and oxygen atoms in total. The topological polar surface area (TPSA) is 102 Å². The van der Waals surface area contributed by atoms with Crippen molar-refractivity contribution >= 4 is 12.0 Å². The van der Waals surface area contributed by atoms with Gasteiger partial charge in [-0.05, 0) is 32.2 Å². The number of carbonyl (C=O) groups excluding carboxylic acids is 1. The highest BCUT2D eigenvalue weighted by Gasteiger charge is 2.32. The van der Waals surface area contributed by atoms with Crippen molar-refractivity contribution in [1.29, 1.82) is 0 Å². The van der Waals surface area contributed by atoms with Gasteiger partial charge in [-0.2, -0.15) is 0 Å². The molecule has 2 rings (SSSR count). The Balaban J connectivity index is 1.77. The van der Waals surface area contributed by atoms with Crippen molar-refractivity contribution in [2.45, 2.75) is 50.2 Å². The van der Waals surface area contributed by atoms with Gasteiger partial charge in [-0.3, -0.25) is 0 Å². The maximum Gasteiger partial charge on any atom is 0.326 e. The van der Waals surface area contributed by atoms with Crippen LogP contribution >= 0.6 is 0 Å². The lowest BCUT2D eigenvalue weighted by molar-refractivity contribution is -0.139. The van der Waals surface area contributed by atoms with Crippen molar-refractivity contribution in [3.05, 3.63) is 0 Å². The normalized spacial score (nSPS) is 27.6. The minimum atomic E-state index is -1.13. The van der Waals surface area contributed by atoms with E-state index in [0.717, 1.165) is 25.9 Å². The summed E-state index contributed by atoms with van der Waals surface area (Å²) in [5.74, 6) is -1.13. The zero-order valence-corrected chi connectivity index (χ0v) is 11.5. The molecule has 2 fully saturated rings. The van der Waals surface area contributed by atoms with Crippen molar-refractivity contribution in [2.24, 2.45) is 0 Å². The molecule has 0 aromatic rings. The van der Waals surface area contributed by atoms with E-state index in [0.29, 0.717) is 6.04 Å². The molecule has 2 aliphatic rings. The van der Waals surface area contributed by atoms with Crippen molar-refractivity contribution in [1.82, 2.24) is 15.5 Å². The Morgan fingerprint density at radius 3 is 2.80 bits per heavy atom. The smallest absolute Gasteiger partial charge is 0.326 e. The molecule has 0 radical (unpaired) electrons. The number of hydrogen-bond acceptors (Lipinski definition) is 4. The number of rotatable bonds is 5. The molecule has 7 heteroatoms. The van der Waals surface area contributed by atoms with E-state index in [-0.39, 0.29) is 19.1 Å². The summed E-state index contributed by atoms with van der Waals surface area (Å²) in [4.78, 5) is 25.2. The molecule has 0 spiro atoms. The van der Waals surface area contributed by atoms with Crippen LogP contribution in [0.5, 0.6) is 0 Å². The fourth-order valence-electron chi connectivity index (χ4n) is 3.13. The van der Waals surface area contributed by atoms with E-state index in [2.05, 4.69) is 15.5 Å². The summed E-state index contributed by atoms with van der Waals surface area (Å²) in [6.07, 6.45) is 4.26. The van der Waals surface area contributed by atoms with Crippen LogP contribution < -0.4 is 10.6 Å². The summed E-state index contributed by atoms with van der Waals surface area (Å²) in [7, 11) is 0. The molecule has 20 heavy (non-hydrogen) atoms. The molecular formula is C13H23N3O4. The molecule has 0 bridgehead atoms. The first-order valence-electron chi connectivity index (χ1n) is 7.25. The molecular weight excluding hydrogens is 262 g/mol. The predicted molar refractivity (Wildman–Crippen MR) is 72.4 cm³/mol. The largest absolute Gasteiger partial charge is 0.480 e. The SMILES string of the molecule is O=C(NC1CCN2CCCC2C1)N[C@H](CCO)C(=O)O. The third-order valence-corrected chi connectivity index (χ3v) is 4.18. The first-order valence-corrected chi connectivity index (χ1v) is 7.25. The lowest BCUT2D eigenvalue weighted by Crippen LogP contribution is -2.53. The maximum absolute atomic E-state index is 11.8. The van der Waals surface area contributed by atoms with E-state index in [1.807, 2.05) is 0 Å². The molecule has 2 heterocycles. The second-order valence-corrected chi connectivity index (χ2v) is 5.57. The van der Waals surface area contributed by atoms with Gasteiger partial charge in [0.2, 0.25) is 0 Å².